The third kappa shape index (κ3) is 5.12. The van der Waals surface area contributed by atoms with E-state index in [9.17, 15) is 9.59 Å². The van der Waals surface area contributed by atoms with Crippen LogP contribution in [0.15, 0.2) is 77.9 Å². The molecule has 188 valence electrons. The van der Waals surface area contributed by atoms with Gasteiger partial charge in [0.1, 0.15) is 11.0 Å². The Hall–Kier alpha value is -3.62. The molecule has 5 rings (SSSR count). The molecule has 0 aliphatic carbocycles. The van der Waals surface area contributed by atoms with Crippen molar-refractivity contribution in [1.29, 1.82) is 5.41 Å². The van der Waals surface area contributed by atoms with E-state index in [0.717, 1.165) is 34.2 Å². The molecule has 3 aromatic rings. The lowest BCUT2D eigenvalue weighted by molar-refractivity contribution is -0.121. The van der Waals surface area contributed by atoms with Crippen molar-refractivity contribution in [3.8, 4) is 5.75 Å². The van der Waals surface area contributed by atoms with Gasteiger partial charge in [-0.25, -0.2) is 9.91 Å². The van der Waals surface area contributed by atoms with Crippen LogP contribution < -0.4 is 9.64 Å². The fraction of sp³-hybridized carbons (Fsp3) is 0.214. The smallest absolute Gasteiger partial charge is 0.247 e. The Kier molecular flexibility index (Phi) is 7.04. The molecule has 2 heterocycles. The average Bonchev–Trinajstić information content (AvgIpc) is 3.46. The minimum absolute atomic E-state index is 0.0110. The second-order valence-corrected chi connectivity index (χ2v) is 10.5. The highest BCUT2D eigenvalue weighted by atomic mass is 35.5. The van der Waals surface area contributed by atoms with Crippen LogP contribution in [0.5, 0.6) is 5.75 Å². The lowest BCUT2D eigenvalue weighted by atomic mass is 9.98. The number of aryl methyl sites for hydroxylation is 1. The highest BCUT2D eigenvalue weighted by Crippen LogP contribution is 2.38. The largest absolute Gasteiger partial charge is 0.497 e. The molecule has 1 saturated heterocycles. The Labute approximate surface area is 224 Å². The number of imide groups is 1. The van der Waals surface area contributed by atoms with Crippen LogP contribution in [0.1, 0.15) is 35.6 Å². The van der Waals surface area contributed by atoms with Gasteiger partial charge in [-0.3, -0.25) is 15.0 Å². The number of hydrogen-bond acceptors (Lipinski definition) is 6. The van der Waals surface area contributed by atoms with E-state index in [2.05, 4.69) is 0 Å². The van der Waals surface area contributed by atoms with Crippen molar-refractivity contribution >= 4 is 51.7 Å². The van der Waals surface area contributed by atoms with Crippen molar-refractivity contribution in [2.45, 2.75) is 31.1 Å². The van der Waals surface area contributed by atoms with Crippen molar-refractivity contribution < 1.29 is 14.3 Å². The Bertz CT molecular complexity index is 1390. The van der Waals surface area contributed by atoms with Crippen LogP contribution in [0.2, 0.25) is 5.02 Å². The zero-order valence-electron chi connectivity index (χ0n) is 20.3. The van der Waals surface area contributed by atoms with E-state index in [-0.39, 0.29) is 29.4 Å². The first-order valence-electron chi connectivity index (χ1n) is 11.8. The van der Waals surface area contributed by atoms with E-state index in [0.29, 0.717) is 22.9 Å². The van der Waals surface area contributed by atoms with E-state index in [4.69, 9.17) is 26.8 Å². The molecule has 3 aromatic carbocycles. The van der Waals surface area contributed by atoms with E-state index < -0.39 is 5.25 Å². The number of benzene rings is 3. The molecule has 2 amide bonds. The van der Waals surface area contributed by atoms with Crippen LogP contribution in [0.4, 0.5) is 5.69 Å². The van der Waals surface area contributed by atoms with Crippen LogP contribution in [0.25, 0.3) is 0 Å². The number of carbonyl (C=O) groups is 2. The topological polar surface area (TPSA) is 86.1 Å². The number of methoxy groups -OCH3 is 1. The Morgan fingerprint density at radius 3 is 2.49 bits per heavy atom. The van der Waals surface area contributed by atoms with Crippen molar-refractivity contribution in [3.05, 3.63) is 94.5 Å². The number of thioether (sulfide) groups is 1. The highest BCUT2D eigenvalue weighted by molar-refractivity contribution is 8.14. The predicted molar refractivity (Wildman–Crippen MR) is 148 cm³/mol. The summed E-state index contributed by atoms with van der Waals surface area (Å²) < 4.78 is 5.24. The standard InChI is InChI=1S/C28H25ClN4O3S/c1-17-6-8-18(9-7-17)23-15-24(19-10-12-20(29)13-11-19)33(31-23)28(30)37-25-16-26(34)32(27(25)35)21-4-3-5-22(14-21)36-2/h3-14,24-25,30H,15-16H2,1-2H3. The lowest BCUT2D eigenvalue weighted by Crippen LogP contribution is -2.32. The summed E-state index contributed by atoms with van der Waals surface area (Å²) in [5, 5.41) is 15.4. The molecule has 0 radical (unpaired) electrons. The van der Waals surface area contributed by atoms with E-state index in [1.807, 2.05) is 55.5 Å². The van der Waals surface area contributed by atoms with E-state index >= 15 is 0 Å². The molecule has 1 N–H and O–H groups in total. The minimum atomic E-state index is -0.712. The molecule has 2 unspecified atom stereocenters. The molecule has 9 heteroatoms. The van der Waals surface area contributed by atoms with Crippen LogP contribution in [0.3, 0.4) is 0 Å². The molecule has 1 fully saturated rings. The van der Waals surface area contributed by atoms with E-state index in [1.165, 1.54) is 12.0 Å². The van der Waals surface area contributed by atoms with Crippen molar-refractivity contribution in [2.75, 3.05) is 12.0 Å². The Morgan fingerprint density at radius 2 is 1.78 bits per heavy atom. The molecule has 7 nitrogen and oxygen atoms in total. The number of ether oxygens (including phenoxy) is 1. The Balaban J connectivity index is 1.39. The van der Waals surface area contributed by atoms with Gasteiger partial charge in [0.2, 0.25) is 11.8 Å². The molecule has 2 aliphatic rings. The van der Waals surface area contributed by atoms with Gasteiger partial charge in [0, 0.05) is 23.9 Å². The molecule has 0 aromatic heterocycles. The molecule has 2 atom stereocenters. The maximum atomic E-state index is 13.3. The maximum absolute atomic E-state index is 13.3. The number of nitrogens with zero attached hydrogens (tertiary/aromatic N) is 3. The first-order chi connectivity index (χ1) is 17.8. The zero-order valence-corrected chi connectivity index (χ0v) is 21.9. The summed E-state index contributed by atoms with van der Waals surface area (Å²) in [5.74, 6) is -0.0937. The fourth-order valence-corrected chi connectivity index (χ4v) is 5.57. The summed E-state index contributed by atoms with van der Waals surface area (Å²) in [4.78, 5) is 27.2. The number of amides is 2. The van der Waals surface area contributed by atoms with Crippen LogP contribution in [-0.4, -0.2) is 40.1 Å². The molecule has 0 bridgehead atoms. The number of nitrogens with one attached hydrogen (secondary N) is 1. The molecule has 0 spiro atoms. The summed E-state index contributed by atoms with van der Waals surface area (Å²) in [7, 11) is 1.53. The quantitative estimate of drug-likeness (QED) is 0.255. The van der Waals surface area contributed by atoms with Gasteiger partial charge in [0.15, 0.2) is 5.17 Å². The highest BCUT2D eigenvalue weighted by Gasteiger charge is 2.42. The fourth-order valence-electron chi connectivity index (χ4n) is 4.47. The number of hydrazone groups is 1. The van der Waals surface area contributed by atoms with Crippen LogP contribution >= 0.6 is 23.4 Å². The van der Waals surface area contributed by atoms with Gasteiger partial charge in [-0.05, 0) is 42.3 Å². The molecular weight excluding hydrogens is 508 g/mol. The molecule has 2 aliphatic heterocycles. The number of rotatable bonds is 5. The third-order valence-corrected chi connectivity index (χ3v) is 7.74. The zero-order chi connectivity index (χ0) is 26.1. The number of hydrogen-bond donors (Lipinski definition) is 1. The average molecular weight is 533 g/mol. The van der Waals surface area contributed by atoms with Gasteiger partial charge in [-0.15, -0.1) is 0 Å². The van der Waals surface area contributed by atoms with E-state index in [1.54, 1.807) is 29.3 Å². The monoisotopic (exact) mass is 532 g/mol. The van der Waals surface area contributed by atoms with Crippen molar-refractivity contribution in [2.24, 2.45) is 5.10 Å². The summed E-state index contributed by atoms with van der Waals surface area (Å²) in [6.45, 7) is 2.03. The van der Waals surface area contributed by atoms with Crippen LogP contribution in [-0.2, 0) is 9.59 Å². The second kappa shape index (κ2) is 10.4. The SMILES string of the molecule is COc1cccc(N2C(=O)CC(SC(=N)N3N=C(c4ccc(C)cc4)CC3c3ccc(Cl)cc3)C2=O)c1. The van der Waals surface area contributed by atoms with Gasteiger partial charge in [0.05, 0.1) is 24.6 Å². The number of halogens is 1. The molecular formula is C28H25ClN4O3S. The number of anilines is 1. The van der Waals surface area contributed by atoms with Gasteiger partial charge >= 0.3 is 0 Å². The third-order valence-electron chi connectivity index (χ3n) is 6.43. The second-order valence-electron chi connectivity index (χ2n) is 8.91. The summed E-state index contributed by atoms with van der Waals surface area (Å²) in [6.07, 6.45) is 0.609. The van der Waals surface area contributed by atoms with Crippen molar-refractivity contribution in [3.63, 3.8) is 0 Å². The normalized spacial score (nSPS) is 19.4. The van der Waals surface area contributed by atoms with Gasteiger partial charge < -0.3 is 4.74 Å². The first-order valence-corrected chi connectivity index (χ1v) is 13.0. The first kappa shape index (κ1) is 25.0. The summed E-state index contributed by atoms with van der Waals surface area (Å²) >= 11 is 7.17. The maximum Gasteiger partial charge on any atom is 0.247 e. The minimum Gasteiger partial charge on any atom is -0.497 e. The lowest BCUT2D eigenvalue weighted by Gasteiger charge is -2.24. The number of carbonyl (C=O) groups excluding carboxylic acids is 2. The van der Waals surface area contributed by atoms with Gasteiger partial charge in [0.25, 0.3) is 0 Å². The van der Waals surface area contributed by atoms with Gasteiger partial charge in [-0.2, -0.15) is 5.10 Å². The Morgan fingerprint density at radius 1 is 1.05 bits per heavy atom. The van der Waals surface area contributed by atoms with Crippen molar-refractivity contribution in [1.82, 2.24) is 5.01 Å². The van der Waals surface area contributed by atoms with Crippen LogP contribution in [0, 0.1) is 12.3 Å². The number of amidine groups is 1. The molecule has 37 heavy (non-hydrogen) atoms. The molecule has 0 saturated carbocycles. The summed E-state index contributed by atoms with van der Waals surface area (Å²) in [5.41, 5.74) is 4.43. The summed E-state index contributed by atoms with van der Waals surface area (Å²) in [6, 6.07) is 22.2. The predicted octanol–water partition coefficient (Wildman–Crippen LogP) is 5.81. The van der Waals surface area contributed by atoms with Gasteiger partial charge in [-0.1, -0.05) is 71.4 Å².